The zero-order valence-corrected chi connectivity index (χ0v) is 19.9. The molecule has 9 nitrogen and oxygen atoms in total. The number of rotatable bonds is 6. The van der Waals surface area contributed by atoms with Gasteiger partial charge in [0.1, 0.15) is 11.3 Å². The molecule has 3 N–H and O–H groups in total. The van der Waals surface area contributed by atoms with Crippen LogP contribution in [0.1, 0.15) is 58.9 Å². The average molecular weight is 512 g/mol. The van der Waals surface area contributed by atoms with E-state index in [2.05, 4.69) is 15.4 Å². The lowest BCUT2D eigenvalue weighted by Gasteiger charge is -2.16. The first-order valence-electron chi connectivity index (χ1n) is 11.9. The molecule has 2 saturated carbocycles. The molecule has 2 aliphatic carbocycles. The first-order valence-corrected chi connectivity index (χ1v) is 11.9. The Morgan fingerprint density at radius 3 is 2.70 bits per heavy atom. The molecule has 2 aromatic heterocycles. The number of ether oxygens (including phenoxy) is 1. The van der Waals surface area contributed by atoms with Crippen molar-refractivity contribution in [3.8, 4) is 17.0 Å². The third-order valence-corrected chi connectivity index (χ3v) is 6.73. The van der Waals surface area contributed by atoms with E-state index >= 15 is 0 Å². The van der Waals surface area contributed by atoms with Crippen molar-refractivity contribution in [1.29, 1.82) is 0 Å². The average Bonchev–Trinajstić information content (AvgIpc) is 3.77. The van der Waals surface area contributed by atoms with Gasteiger partial charge in [-0.05, 0) is 56.4 Å². The number of nitrogen functional groups attached to an aromatic ring is 1. The number of anilines is 1. The van der Waals surface area contributed by atoms with Crippen molar-refractivity contribution in [2.24, 2.45) is 0 Å². The highest BCUT2D eigenvalue weighted by atomic mass is 19.4. The van der Waals surface area contributed by atoms with Crippen LogP contribution in [0.4, 0.5) is 19.0 Å². The van der Waals surface area contributed by atoms with Crippen molar-refractivity contribution < 1.29 is 27.5 Å². The summed E-state index contributed by atoms with van der Waals surface area (Å²) in [5.41, 5.74) is 9.81. The highest BCUT2D eigenvalue weighted by molar-refractivity contribution is 6.05. The quantitative estimate of drug-likeness (QED) is 0.519. The van der Waals surface area contributed by atoms with Crippen molar-refractivity contribution in [3.63, 3.8) is 0 Å². The second-order valence-corrected chi connectivity index (χ2v) is 9.58. The molecule has 3 aromatic rings. The SMILES string of the molecule is CC(=C1CC1)N1Cc2cc(-c3ccn4nc(N)c(C(=O)NC5CC5)c4n3)cc(OCC(F)(F)F)c2C1=O. The van der Waals surface area contributed by atoms with Gasteiger partial charge in [-0.15, -0.1) is 5.10 Å². The zero-order valence-electron chi connectivity index (χ0n) is 19.9. The smallest absolute Gasteiger partial charge is 0.422 e. The number of halogens is 3. The molecule has 0 unspecified atom stereocenters. The van der Waals surface area contributed by atoms with E-state index in [0.29, 0.717) is 16.8 Å². The molecule has 0 saturated heterocycles. The maximum absolute atomic E-state index is 13.2. The predicted molar refractivity (Wildman–Crippen MR) is 127 cm³/mol. The number of fused-ring (bicyclic) bond motifs is 2. The van der Waals surface area contributed by atoms with Crippen LogP contribution in [0, 0.1) is 0 Å². The van der Waals surface area contributed by atoms with Gasteiger partial charge in [0.2, 0.25) is 0 Å². The minimum atomic E-state index is -4.58. The van der Waals surface area contributed by atoms with Crippen LogP contribution in [0.2, 0.25) is 0 Å². The van der Waals surface area contributed by atoms with Crippen molar-refractivity contribution in [2.75, 3.05) is 12.3 Å². The third kappa shape index (κ3) is 4.36. The van der Waals surface area contributed by atoms with Crippen LogP contribution in [0.3, 0.4) is 0 Å². The Balaban J connectivity index is 1.43. The van der Waals surface area contributed by atoms with E-state index in [9.17, 15) is 22.8 Å². The van der Waals surface area contributed by atoms with Gasteiger partial charge < -0.3 is 20.7 Å². The number of nitrogens with one attached hydrogen (secondary N) is 1. The fourth-order valence-electron chi connectivity index (χ4n) is 4.54. The number of hydrogen-bond donors (Lipinski definition) is 2. The van der Waals surface area contributed by atoms with Gasteiger partial charge in [-0.2, -0.15) is 13.2 Å². The number of benzene rings is 1. The van der Waals surface area contributed by atoms with Crippen molar-refractivity contribution in [2.45, 2.75) is 51.4 Å². The van der Waals surface area contributed by atoms with Crippen LogP contribution in [0.5, 0.6) is 5.75 Å². The molecule has 3 heterocycles. The molecule has 3 aliphatic rings. The van der Waals surface area contributed by atoms with E-state index in [1.807, 2.05) is 6.92 Å². The molecule has 0 spiro atoms. The van der Waals surface area contributed by atoms with Gasteiger partial charge in [0.05, 0.1) is 17.8 Å². The lowest BCUT2D eigenvalue weighted by Crippen LogP contribution is -2.26. The highest BCUT2D eigenvalue weighted by Gasteiger charge is 2.36. The maximum atomic E-state index is 13.2. The predicted octanol–water partition coefficient (Wildman–Crippen LogP) is 3.84. The lowest BCUT2D eigenvalue weighted by atomic mass is 10.0. The van der Waals surface area contributed by atoms with Gasteiger partial charge in [-0.1, -0.05) is 5.57 Å². The number of nitrogens with zero attached hydrogens (tertiary/aromatic N) is 4. The monoisotopic (exact) mass is 512 g/mol. The Labute approximate surface area is 209 Å². The van der Waals surface area contributed by atoms with Gasteiger partial charge in [-0.25, -0.2) is 9.50 Å². The molecular weight excluding hydrogens is 489 g/mol. The van der Waals surface area contributed by atoms with Gasteiger partial charge in [-0.3, -0.25) is 9.59 Å². The van der Waals surface area contributed by atoms with Crippen molar-refractivity contribution >= 4 is 23.3 Å². The first kappa shape index (κ1) is 23.3. The van der Waals surface area contributed by atoms with Crippen LogP contribution in [0.15, 0.2) is 35.7 Å². The Morgan fingerprint density at radius 2 is 2.03 bits per heavy atom. The molecule has 1 aromatic carbocycles. The number of alkyl halides is 3. The number of aromatic nitrogens is 3. The summed E-state index contributed by atoms with van der Waals surface area (Å²) >= 11 is 0. The number of carbonyl (C=O) groups excluding carboxylic acids is 2. The highest BCUT2D eigenvalue weighted by Crippen LogP contribution is 2.41. The zero-order chi connectivity index (χ0) is 26.1. The molecule has 192 valence electrons. The van der Waals surface area contributed by atoms with E-state index in [-0.39, 0.29) is 52.7 Å². The van der Waals surface area contributed by atoms with Crippen LogP contribution in [0.25, 0.3) is 16.9 Å². The molecule has 37 heavy (non-hydrogen) atoms. The van der Waals surface area contributed by atoms with Crippen LogP contribution in [-0.2, 0) is 6.54 Å². The number of carbonyl (C=O) groups is 2. The first-order chi connectivity index (χ1) is 17.6. The number of hydrogen-bond acceptors (Lipinski definition) is 6. The largest absolute Gasteiger partial charge is 0.483 e. The molecule has 0 radical (unpaired) electrons. The molecule has 2 amide bonds. The van der Waals surface area contributed by atoms with E-state index in [1.165, 1.54) is 10.6 Å². The second-order valence-electron chi connectivity index (χ2n) is 9.58. The van der Waals surface area contributed by atoms with E-state index in [0.717, 1.165) is 37.0 Å². The number of amides is 2. The second kappa shape index (κ2) is 8.22. The Bertz CT molecular complexity index is 1500. The normalized spacial score (nSPS) is 16.8. The fourth-order valence-corrected chi connectivity index (χ4v) is 4.54. The van der Waals surface area contributed by atoms with Crippen molar-refractivity contribution in [3.05, 3.63) is 52.4 Å². The van der Waals surface area contributed by atoms with Crippen molar-refractivity contribution in [1.82, 2.24) is 24.8 Å². The fraction of sp³-hybridized carbons (Fsp3) is 0.360. The van der Waals surface area contributed by atoms with Gasteiger partial charge in [0, 0.05) is 23.5 Å². The van der Waals surface area contributed by atoms with E-state index in [1.54, 1.807) is 23.2 Å². The Hall–Kier alpha value is -4.09. The van der Waals surface area contributed by atoms with Gasteiger partial charge in [0.25, 0.3) is 11.8 Å². The molecular formula is C25H23F3N6O3. The Kier molecular flexibility index (Phi) is 5.18. The van der Waals surface area contributed by atoms with Crippen LogP contribution in [-0.4, -0.2) is 50.1 Å². The standard InChI is InChI=1S/C25H23F3N6O3/c1-12(13-2-3-13)33-10-15-8-14(9-18(19(15)24(33)36)37-11-25(26,27)28)17-6-7-34-22(31-17)20(21(29)32-34)23(35)30-16-4-5-16/h6-9,16H,2-5,10-11H2,1H3,(H2,29,32)(H,30,35). The minimum Gasteiger partial charge on any atom is -0.483 e. The molecule has 1 aliphatic heterocycles. The summed E-state index contributed by atoms with van der Waals surface area (Å²) in [4.78, 5) is 32.1. The number of nitrogens with two attached hydrogens (primary N) is 1. The molecule has 6 rings (SSSR count). The van der Waals surface area contributed by atoms with E-state index in [4.69, 9.17) is 10.5 Å². The third-order valence-electron chi connectivity index (χ3n) is 6.73. The summed E-state index contributed by atoms with van der Waals surface area (Å²) in [7, 11) is 0. The van der Waals surface area contributed by atoms with Crippen LogP contribution >= 0.6 is 0 Å². The topological polar surface area (TPSA) is 115 Å². The summed E-state index contributed by atoms with van der Waals surface area (Å²) in [6, 6.07) is 4.82. The Morgan fingerprint density at radius 1 is 1.27 bits per heavy atom. The minimum absolute atomic E-state index is 0.0239. The van der Waals surface area contributed by atoms with E-state index < -0.39 is 12.8 Å². The lowest BCUT2D eigenvalue weighted by molar-refractivity contribution is -0.153. The summed E-state index contributed by atoms with van der Waals surface area (Å²) in [6.45, 7) is 0.529. The molecule has 12 heteroatoms. The molecule has 2 fully saturated rings. The van der Waals surface area contributed by atoms with Gasteiger partial charge >= 0.3 is 6.18 Å². The molecule has 0 bridgehead atoms. The summed E-state index contributed by atoms with van der Waals surface area (Å²) < 4.78 is 45.6. The number of allylic oxidation sites excluding steroid dienone is 2. The maximum Gasteiger partial charge on any atom is 0.422 e. The molecule has 0 atom stereocenters. The van der Waals surface area contributed by atoms with Crippen LogP contribution < -0.4 is 15.8 Å². The summed E-state index contributed by atoms with van der Waals surface area (Å²) in [6.07, 6.45) is 0.598. The summed E-state index contributed by atoms with van der Waals surface area (Å²) in [5.74, 6) is -0.905. The van der Waals surface area contributed by atoms with Gasteiger partial charge in [0.15, 0.2) is 18.1 Å². The summed E-state index contributed by atoms with van der Waals surface area (Å²) in [5, 5.41) is 7.03.